The molecule has 0 radical (unpaired) electrons. The van der Waals surface area contributed by atoms with Crippen molar-refractivity contribution in [2.75, 3.05) is 0 Å². The fourth-order valence-corrected chi connectivity index (χ4v) is 1.15. The molecule has 0 bridgehead atoms. The van der Waals surface area contributed by atoms with E-state index in [0.717, 1.165) is 11.3 Å². The summed E-state index contributed by atoms with van der Waals surface area (Å²) in [7, 11) is 0. The van der Waals surface area contributed by atoms with E-state index in [1.165, 1.54) is 0 Å². The van der Waals surface area contributed by atoms with Gasteiger partial charge in [0.25, 0.3) is 0 Å². The maximum atomic E-state index is 4.12. The van der Waals surface area contributed by atoms with Crippen LogP contribution in [0.15, 0.2) is 42.7 Å². The van der Waals surface area contributed by atoms with E-state index in [-0.39, 0.29) is 20.4 Å². The number of hydrogen-bond acceptors (Lipinski definition) is 1. The first-order valence-electron chi connectivity index (χ1n) is 3.79. The van der Waals surface area contributed by atoms with Crippen LogP contribution in [0.25, 0.3) is 5.69 Å². The van der Waals surface area contributed by atoms with Crippen LogP contribution in [0.3, 0.4) is 0 Å². The first kappa shape index (κ1) is 10.0. The molecule has 0 spiro atoms. The van der Waals surface area contributed by atoms with E-state index in [1.807, 2.05) is 41.2 Å². The molecule has 0 amide bonds. The molecule has 0 aliphatic rings. The molecule has 0 fully saturated rings. The van der Waals surface area contributed by atoms with Crippen LogP contribution in [0, 0.1) is 6.92 Å². The van der Waals surface area contributed by atoms with E-state index in [2.05, 4.69) is 12.0 Å². The maximum Gasteiger partial charge on any atom is 0.0481 e. The predicted octanol–water partition coefficient (Wildman–Crippen LogP) is 2.05. The molecule has 0 saturated heterocycles. The average molecular weight is 264 g/mol. The summed E-state index contributed by atoms with van der Waals surface area (Å²) >= 11 is 0. The minimum absolute atomic E-state index is 0. The van der Waals surface area contributed by atoms with Crippen molar-refractivity contribution >= 4 is 0 Å². The molecule has 3 heteroatoms. The van der Waals surface area contributed by atoms with Gasteiger partial charge in [0.1, 0.15) is 0 Å². The van der Waals surface area contributed by atoms with Gasteiger partial charge in [0.05, 0.1) is 0 Å². The van der Waals surface area contributed by atoms with Gasteiger partial charge in [-0.15, -0.1) is 6.07 Å². The molecule has 1 aromatic carbocycles. The fraction of sp³-hybridized carbons (Fsp3) is 0. The standard InChI is InChI=1S/C10H9N2.Pd/c1-9-5-2-3-6-10(9)12-8-4-7-11-12;/h2-8H,1H2;/q-1;. The van der Waals surface area contributed by atoms with Crippen LogP contribution < -0.4 is 0 Å². The first-order valence-corrected chi connectivity index (χ1v) is 3.79. The van der Waals surface area contributed by atoms with Crippen LogP contribution >= 0.6 is 0 Å². The Morgan fingerprint density at radius 3 is 2.54 bits per heavy atom. The van der Waals surface area contributed by atoms with Gasteiger partial charge in [0, 0.05) is 32.8 Å². The minimum Gasteiger partial charge on any atom is -0.294 e. The Morgan fingerprint density at radius 1 is 1.15 bits per heavy atom. The molecule has 0 aliphatic carbocycles. The van der Waals surface area contributed by atoms with Gasteiger partial charge in [-0.05, 0) is 11.8 Å². The number of hydrogen-bond donors (Lipinski definition) is 0. The summed E-state index contributed by atoms with van der Waals surface area (Å²) in [6.45, 7) is 3.92. The Hall–Kier alpha value is -1.04. The normalized spacial score (nSPS) is 9.23. The summed E-state index contributed by atoms with van der Waals surface area (Å²) in [5.41, 5.74) is 2.02. The summed E-state index contributed by atoms with van der Waals surface area (Å²) < 4.78 is 1.81. The Labute approximate surface area is 91.2 Å². The van der Waals surface area contributed by atoms with Gasteiger partial charge in [-0.25, -0.2) is 0 Å². The van der Waals surface area contributed by atoms with Crippen molar-refractivity contribution in [2.24, 2.45) is 0 Å². The van der Waals surface area contributed by atoms with Crippen molar-refractivity contribution in [1.82, 2.24) is 9.78 Å². The number of benzene rings is 1. The van der Waals surface area contributed by atoms with Gasteiger partial charge in [-0.2, -0.15) is 23.7 Å². The van der Waals surface area contributed by atoms with Crippen molar-refractivity contribution in [3.8, 4) is 5.69 Å². The number of para-hydroxylation sites is 1. The molecule has 0 atom stereocenters. The monoisotopic (exact) mass is 263 g/mol. The number of nitrogens with zero attached hydrogens (tertiary/aromatic N) is 2. The van der Waals surface area contributed by atoms with E-state index in [0.29, 0.717) is 0 Å². The van der Waals surface area contributed by atoms with Crippen LogP contribution in [0.1, 0.15) is 5.56 Å². The van der Waals surface area contributed by atoms with Crippen molar-refractivity contribution in [1.29, 1.82) is 0 Å². The first-order chi connectivity index (χ1) is 5.88. The van der Waals surface area contributed by atoms with E-state index in [9.17, 15) is 0 Å². The number of aromatic nitrogens is 2. The Kier molecular flexibility index (Phi) is 3.30. The summed E-state index contributed by atoms with van der Waals surface area (Å²) in [4.78, 5) is 0. The molecule has 1 aromatic heterocycles. The van der Waals surface area contributed by atoms with Crippen LogP contribution in [0.2, 0.25) is 0 Å². The quantitative estimate of drug-likeness (QED) is 0.569. The van der Waals surface area contributed by atoms with Crippen molar-refractivity contribution in [3.05, 3.63) is 55.2 Å². The molecule has 2 aromatic rings. The molecule has 70 valence electrons. The molecule has 0 aliphatic heterocycles. The second-order valence-corrected chi connectivity index (χ2v) is 2.58. The molecule has 0 saturated carbocycles. The van der Waals surface area contributed by atoms with Gasteiger partial charge in [-0.1, -0.05) is 12.1 Å². The summed E-state index contributed by atoms with van der Waals surface area (Å²) in [5, 5.41) is 4.12. The van der Waals surface area contributed by atoms with E-state index in [4.69, 9.17) is 0 Å². The zero-order valence-electron chi connectivity index (χ0n) is 6.96. The molecule has 1 heterocycles. The van der Waals surface area contributed by atoms with E-state index >= 15 is 0 Å². The zero-order chi connectivity index (χ0) is 8.39. The molecule has 2 nitrogen and oxygen atoms in total. The van der Waals surface area contributed by atoms with E-state index in [1.54, 1.807) is 6.20 Å². The summed E-state index contributed by atoms with van der Waals surface area (Å²) in [6, 6.07) is 9.81. The second kappa shape index (κ2) is 4.27. The van der Waals surface area contributed by atoms with Gasteiger partial charge in [0.2, 0.25) is 0 Å². The second-order valence-electron chi connectivity index (χ2n) is 2.58. The zero-order valence-corrected chi connectivity index (χ0v) is 8.51. The smallest absolute Gasteiger partial charge is 0.0481 e. The topological polar surface area (TPSA) is 17.8 Å². The van der Waals surface area contributed by atoms with Gasteiger partial charge in [-0.3, -0.25) is 4.68 Å². The van der Waals surface area contributed by atoms with Crippen LogP contribution in [0.5, 0.6) is 0 Å². The van der Waals surface area contributed by atoms with Crippen LogP contribution in [0.4, 0.5) is 0 Å². The third-order valence-electron chi connectivity index (χ3n) is 1.74. The van der Waals surface area contributed by atoms with Crippen molar-refractivity contribution < 1.29 is 20.4 Å². The van der Waals surface area contributed by atoms with Crippen molar-refractivity contribution in [2.45, 2.75) is 0 Å². The minimum atomic E-state index is 0. The molecular formula is C10H9N2Pd-. The molecule has 2 rings (SSSR count). The molecule has 0 N–H and O–H groups in total. The van der Waals surface area contributed by atoms with Crippen molar-refractivity contribution in [3.63, 3.8) is 0 Å². The molecular weight excluding hydrogens is 255 g/mol. The van der Waals surface area contributed by atoms with Crippen LogP contribution in [-0.4, -0.2) is 9.78 Å². The SMILES string of the molecule is [CH2-]c1ccccc1-n1cccn1.[Pd]. The average Bonchev–Trinajstić information content (AvgIpc) is 2.57. The Morgan fingerprint density at radius 2 is 1.92 bits per heavy atom. The van der Waals surface area contributed by atoms with Crippen LogP contribution in [-0.2, 0) is 20.4 Å². The third-order valence-corrected chi connectivity index (χ3v) is 1.74. The molecule has 13 heavy (non-hydrogen) atoms. The van der Waals surface area contributed by atoms with E-state index < -0.39 is 0 Å². The Bertz CT molecular complexity index is 368. The largest absolute Gasteiger partial charge is 0.294 e. The van der Waals surface area contributed by atoms with Gasteiger partial charge in [0.15, 0.2) is 0 Å². The molecule has 0 unspecified atom stereocenters. The van der Waals surface area contributed by atoms with Gasteiger partial charge >= 0.3 is 0 Å². The predicted molar refractivity (Wildman–Crippen MR) is 48.0 cm³/mol. The summed E-state index contributed by atoms with van der Waals surface area (Å²) in [5.74, 6) is 0. The Balaban J connectivity index is 0.000000845. The maximum absolute atomic E-state index is 4.12. The summed E-state index contributed by atoms with van der Waals surface area (Å²) in [6.07, 6.45) is 3.66. The fourth-order valence-electron chi connectivity index (χ4n) is 1.15. The number of rotatable bonds is 1. The van der Waals surface area contributed by atoms with Gasteiger partial charge < -0.3 is 0 Å². The third kappa shape index (κ3) is 2.00.